The molecule has 1 rings (SSSR count). The van der Waals surface area contributed by atoms with Gasteiger partial charge in [0, 0.05) is 6.92 Å². The number of rotatable bonds is 8. The number of carbonyl (C=O) groups is 2. The standard InChI is InChI=1S/C13H18O2.C8H16O2.C7H16/c1-4-10-13(2,3)15-12(14)11-8-6-5-7-9-11;1-5-6-8(3,4)10-7(2)9;1-5-6-7(2,3)4/h5-9H,4,10H2,1-3H3;5-6H2,1-4H3;5-6H2,1-4H3. The van der Waals surface area contributed by atoms with Gasteiger partial charge in [-0.1, -0.05) is 79.0 Å². The normalized spacial score (nSPS) is 11.3. The van der Waals surface area contributed by atoms with Gasteiger partial charge < -0.3 is 9.47 Å². The quantitative estimate of drug-likeness (QED) is 0.373. The van der Waals surface area contributed by atoms with Crippen LogP contribution in [0.5, 0.6) is 0 Å². The van der Waals surface area contributed by atoms with Crippen LogP contribution in [0.4, 0.5) is 0 Å². The summed E-state index contributed by atoms with van der Waals surface area (Å²) in [5.41, 5.74) is 0.512. The monoisotopic (exact) mass is 450 g/mol. The van der Waals surface area contributed by atoms with Crippen molar-refractivity contribution in [1.29, 1.82) is 0 Å². The van der Waals surface area contributed by atoms with Gasteiger partial charge in [0.15, 0.2) is 0 Å². The van der Waals surface area contributed by atoms with E-state index in [1.165, 1.54) is 19.8 Å². The SMILES string of the molecule is CCCC(C)(C)C.CCCC(C)(C)OC(=O)c1ccccc1.CCCC(C)(C)OC(C)=O. The van der Waals surface area contributed by atoms with E-state index in [2.05, 4.69) is 41.5 Å². The predicted octanol–water partition coefficient (Wildman–Crippen LogP) is 8.38. The Kier molecular flexibility index (Phi) is 16.0. The third-order valence-corrected chi connectivity index (χ3v) is 4.50. The second kappa shape index (κ2) is 15.9. The van der Waals surface area contributed by atoms with Crippen molar-refractivity contribution in [3.63, 3.8) is 0 Å². The summed E-state index contributed by atoms with van der Waals surface area (Å²) in [7, 11) is 0. The molecule has 0 heterocycles. The molecule has 4 nitrogen and oxygen atoms in total. The van der Waals surface area contributed by atoms with Gasteiger partial charge in [-0.25, -0.2) is 4.79 Å². The Morgan fingerprint density at radius 2 is 1.09 bits per heavy atom. The van der Waals surface area contributed by atoms with E-state index in [1.54, 1.807) is 12.1 Å². The highest BCUT2D eigenvalue weighted by Gasteiger charge is 2.22. The van der Waals surface area contributed by atoms with Crippen molar-refractivity contribution in [1.82, 2.24) is 0 Å². The van der Waals surface area contributed by atoms with Crippen LogP contribution in [-0.2, 0) is 14.3 Å². The summed E-state index contributed by atoms with van der Waals surface area (Å²) in [5, 5.41) is 0. The molecule has 0 saturated carbocycles. The topological polar surface area (TPSA) is 52.6 Å². The summed E-state index contributed by atoms with van der Waals surface area (Å²) in [6.45, 7) is 22.4. The van der Waals surface area contributed by atoms with Crippen molar-refractivity contribution in [3.8, 4) is 0 Å². The number of carbonyl (C=O) groups excluding carboxylic acids is 2. The highest BCUT2D eigenvalue weighted by molar-refractivity contribution is 5.89. The molecule has 0 fully saturated rings. The summed E-state index contributed by atoms with van der Waals surface area (Å²) >= 11 is 0. The lowest BCUT2D eigenvalue weighted by Crippen LogP contribution is -2.27. The lowest BCUT2D eigenvalue weighted by molar-refractivity contribution is -0.154. The summed E-state index contributed by atoms with van der Waals surface area (Å²) in [6, 6.07) is 9.09. The van der Waals surface area contributed by atoms with Crippen molar-refractivity contribution in [2.45, 2.75) is 126 Å². The van der Waals surface area contributed by atoms with Gasteiger partial charge in [-0.15, -0.1) is 0 Å². The van der Waals surface area contributed by atoms with E-state index in [4.69, 9.17) is 9.47 Å². The zero-order valence-electron chi connectivity index (χ0n) is 22.8. The highest BCUT2D eigenvalue weighted by atomic mass is 16.6. The molecule has 0 N–H and O–H groups in total. The van der Waals surface area contributed by atoms with E-state index in [9.17, 15) is 9.59 Å². The Balaban J connectivity index is 0. The molecular weight excluding hydrogens is 400 g/mol. The average molecular weight is 451 g/mol. The molecule has 186 valence electrons. The Labute approximate surface area is 198 Å². The van der Waals surface area contributed by atoms with Gasteiger partial charge in [0.1, 0.15) is 11.2 Å². The molecule has 1 aromatic rings. The molecular formula is C28H50O4. The maximum absolute atomic E-state index is 11.7. The lowest BCUT2D eigenvalue weighted by atomic mass is 9.91. The van der Waals surface area contributed by atoms with Crippen LogP contribution in [0.3, 0.4) is 0 Å². The molecule has 0 aliphatic rings. The minimum atomic E-state index is -0.373. The molecule has 0 atom stereocenters. The second-order valence-corrected chi connectivity index (χ2v) is 10.7. The number of hydrogen-bond donors (Lipinski definition) is 0. The molecule has 0 bridgehead atoms. The van der Waals surface area contributed by atoms with E-state index in [1.807, 2.05) is 45.9 Å². The fourth-order valence-electron chi connectivity index (χ4n) is 3.33. The first-order valence-corrected chi connectivity index (χ1v) is 12.1. The molecule has 1 aromatic carbocycles. The van der Waals surface area contributed by atoms with Gasteiger partial charge in [0.25, 0.3) is 0 Å². The van der Waals surface area contributed by atoms with E-state index >= 15 is 0 Å². The number of hydrogen-bond acceptors (Lipinski definition) is 4. The van der Waals surface area contributed by atoms with Crippen molar-refractivity contribution in [3.05, 3.63) is 35.9 Å². The minimum absolute atomic E-state index is 0.196. The largest absolute Gasteiger partial charge is 0.460 e. The average Bonchev–Trinajstić information content (AvgIpc) is 2.60. The summed E-state index contributed by atoms with van der Waals surface area (Å²) in [5.74, 6) is -0.437. The van der Waals surface area contributed by atoms with Crippen LogP contribution in [0.25, 0.3) is 0 Å². The van der Waals surface area contributed by atoms with Crippen molar-refractivity contribution < 1.29 is 19.1 Å². The van der Waals surface area contributed by atoms with Crippen LogP contribution in [0.1, 0.15) is 125 Å². The first-order valence-electron chi connectivity index (χ1n) is 12.1. The number of benzene rings is 1. The molecule has 0 amide bonds. The molecule has 4 heteroatoms. The molecule has 0 aliphatic heterocycles. The maximum atomic E-state index is 11.7. The lowest BCUT2D eigenvalue weighted by Gasteiger charge is -2.24. The van der Waals surface area contributed by atoms with E-state index in [-0.39, 0.29) is 23.1 Å². The third-order valence-electron chi connectivity index (χ3n) is 4.50. The molecule has 0 saturated heterocycles. The van der Waals surface area contributed by atoms with E-state index in [0.717, 1.165) is 25.7 Å². The zero-order valence-corrected chi connectivity index (χ0v) is 22.8. The first-order chi connectivity index (χ1) is 14.6. The number of esters is 2. The molecule has 0 spiro atoms. The van der Waals surface area contributed by atoms with E-state index in [0.29, 0.717) is 11.0 Å². The number of ether oxygens (including phenoxy) is 2. The Morgan fingerprint density at radius 1 is 0.688 bits per heavy atom. The van der Waals surface area contributed by atoms with Crippen LogP contribution in [0.2, 0.25) is 0 Å². The highest BCUT2D eigenvalue weighted by Crippen LogP contribution is 2.20. The van der Waals surface area contributed by atoms with Gasteiger partial charge in [-0.05, 0) is 64.5 Å². The van der Waals surface area contributed by atoms with Crippen LogP contribution < -0.4 is 0 Å². The fourth-order valence-corrected chi connectivity index (χ4v) is 3.33. The first kappa shape index (κ1) is 32.3. The van der Waals surface area contributed by atoms with Gasteiger partial charge in [-0.2, -0.15) is 0 Å². The molecule has 0 aromatic heterocycles. The smallest absolute Gasteiger partial charge is 0.338 e. The molecule has 0 unspecified atom stereocenters. The predicted molar refractivity (Wildman–Crippen MR) is 136 cm³/mol. The third kappa shape index (κ3) is 20.1. The van der Waals surface area contributed by atoms with Gasteiger partial charge in [0.2, 0.25) is 0 Å². The van der Waals surface area contributed by atoms with Gasteiger partial charge >= 0.3 is 11.9 Å². The Bertz CT molecular complexity index is 625. The second-order valence-electron chi connectivity index (χ2n) is 10.7. The van der Waals surface area contributed by atoms with Crippen molar-refractivity contribution in [2.24, 2.45) is 5.41 Å². The van der Waals surface area contributed by atoms with Crippen LogP contribution in [-0.4, -0.2) is 23.1 Å². The zero-order chi connectivity index (χ0) is 25.4. The fraction of sp³-hybridized carbons (Fsp3) is 0.714. The molecule has 0 aliphatic carbocycles. The van der Waals surface area contributed by atoms with Crippen molar-refractivity contribution >= 4 is 11.9 Å². The van der Waals surface area contributed by atoms with Crippen molar-refractivity contribution in [2.75, 3.05) is 0 Å². The maximum Gasteiger partial charge on any atom is 0.338 e. The summed E-state index contributed by atoms with van der Waals surface area (Å²) in [6.07, 6.45) is 6.50. The van der Waals surface area contributed by atoms with Crippen LogP contribution in [0, 0.1) is 5.41 Å². The summed E-state index contributed by atoms with van der Waals surface area (Å²) in [4.78, 5) is 22.2. The molecule has 32 heavy (non-hydrogen) atoms. The summed E-state index contributed by atoms with van der Waals surface area (Å²) < 4.78 is 10.5. The van der Waals surface area contributed by atoms with Gasteiger partial charge in [0.05, 0.1) is 5.56 Å². The molecule has 0 radical (unpaired) electrons. The van der Waals surface area contributed by atoms with Crippen LogP contribution >= 0.6 is 0 Å². The van der Waals surface area contributed by atoms with Gasteiger partial charge in [-0.3, -0.25) is 4.79 Å². The van der Waals surface area contributed by atoms with Crippen LogP contribution in [0.15, 0.2) is 30.3 Å². The Hall–Kier alpha value is -1.84. The van der Waals surface area contributed by atoms with E-state index < -0.39 is 0 Å². The Morgan fingerprint density at radius 3 is 1.41 bits per heavy atom. The minimum Gasteiger partial charge on any atom is -0.460 e.